The van der Waals surface area contributed by atoms with Crippen LogP contribution in [0.1, 0.15) is 15.9 Å². The van der Waals surface area contributed by atoms with Crippen molar-refractivity contribution >= 4 is 35.2 Å². The van der Waals surface area contributed by atoms with Gasteiger partial charge in [-0.2, -0.15) is 10.5 Å². The molecule has 5 nitrogen and oxygen atoms in total. The highest BCUT2D eigenvalue weighted by Gasteiger charge is 2.15. The molecule has 0 aromatic heterocycles. The van der Waals surface area contributed by atoms with Crippen molar-refractivity contribution in [2.75, 3.05) is 0 Å². The number of aliphatic hydroxyl groups excluding tert-OH is 1. The maximum atomic E-state index is 12.4. The predicted octanol–water partition coefficient (Wildman–Crippen LogP) is 4.62. The zero-order valence-electron chi connectivity index (χ0n) is 13.2. The van der Waals surface area contributed by atoms with E-state index in [1.807, 2.05) is 0 Å². The molecule has 0 atom stereocenters. The molecule has 0 heterocycles. The van der Waals surface area contributed by atoms with E-state index in [2.05, 4.69) is 5.32 Å². The van der Waals surface area contributed by atoms with Crippen LogP contribution in [0.15, 0.2) is 65.6 Å². The Bertz CT molecular complexity index is 968. The quantitative estimate of drug-likeness (QED) is 0.457. The number of rotatable bonds is 4. The Hall–Kier alpha value is -3.25. The first-order chi connectivity index (χ1) is 12.5. The van der Waals surface area contributed by atoms with Gasteiger partial charge in [0.15, 0.2) is 11.3 Å². The first-order valence-corrected chi connectivity index (χ1v) is 7.98. The number of hydrogen-bond donors (Lipinski definition) is 2. The maximum absolute atomic E-state index is 12.4. The van der Waals surface area contributed by atoms with E-state index in [4.69, 9.17) is 33.7 Å². The van der Waals surface area contributed by atoms with Gasteiger partial charge in [-0.25, -0.2) is 0 Å². The summed E-state index contributed by atoms with van der Waals surface area (Å²) in [6.07, 6.45) is 1.35. The van der Waals surface area contributed by atoms with E-state index < -0.39 is 17.2 Å². The van der Waals surface area contributed by atoms with Crippen LogP contribution in [0.2, 0.25) is 10.0 Å². The molecule has 2 rings (SSSR count). The van der Waals surface area contributed by atoms with E-state index in [0.717, 1.165) is 0 Å². The lowest BCUT2D eigenvalue weighted by Gasteiger charge is -2.11. The molecule has 2 aromatic carbocycles. The molecule has 7 heteroatoms. The van der Waals surface area contributed by atoms with Crippen LogP contribution >= 0.6 is 23.2 Å². The van der Waals surface area contributed by atoms with Gasteiger partial charge in [0, 0.05) is 15.6 Å². The fourth-order valence-electron chi connectivity index (χ4n) is 1.99. The average molecular weight is 384 g/mol. The molecule has 0 aliphatic heterocycles. The number of hydrogen-bond acceptors (Lipinski definition) is 4. The number of amides is 1. The summed E-state index contributed by atoms with van der Waals surface area (Å²) in [6.45, 7) is 0. The number of nitrogens with one attached hydrogen (secondary N) is 1. The zero-order chi connectivity index (χ0) is 19.1. The van der Waals surface area contributed by atoms with Crippen molar-refractivity contribution in [3.63, 3.8) is 0 Å². The van der Waals surface area contributed by atoms with Crippen LogP contribution in [-0.4, -0.2) is 11.0 Å². The number of allylic oxidation sites excluding steroid dienone is 1. The van der Waals surface area contributed by atoms with Gasteiger partial charge in [0.1, 0.15) is 12.1 Å². The van der Waals surface area contributed by atoms with Crippen molar-refractivity contribution in [1.82, 2.24) is 5.32 Å². The molecule has 0 aliphatic carbocycles. The van der Waals surface area contributed by atoms with Crippen LogP contribution in [0.25, 0.3) is 6.08 Å². The van der Waals surface area contributed by atoms with E-state index in [-0.39, 0.29) is 10.7 Å². The van der Waals surface area contributed by atoms with E-state index in [1.54, 1.807) is 54.6 Å². The minimum Gasteiger partial charge on any atom is -0.504 e. The van der Waals surface area contributed by atoms with Crippen LogP contribution in [0.5, 0.6) is 0 Å². The largest absolute Gasteiger partial charge is 0.504 e. The Kier molecular flexibility index (Phi) is 6.41. The van der Waals surface area contributed by atoms with E-state index in [9.17, 15) is 9.90 Å². The third-order valence-corrected chi connectivity index (χ3v) is 3.82. The zero-order valence-corrected chi connectivity index (χ0v) is 14.7. The molecule has 0 aliphatic rings. The molecule has 0 unspecified atom stereocenters. The van der Waals surface area contributed by atoms with Crippen molar-refractivity contribution < 1.29 is 9.90 Å². The van der Waals surface area contributed by atoms with Crippen LogP contribution < -0.4 is 5.32 Å². The summed E-state index contributed by atoms with van der Waals surface area (Å²) in [4.78, 5) is 12.4. The molecule has 0 fully saturated rings. The summed E-state index contributed by atoms with van der Waals surface area (Å²) in [5.41, 5.74) is 0.0842. The van der Waals surface area contributed by atoms with Crippen LogP contribution in [0.4, 0.5) is 0 Å². The van der Waals surface area contributed by atoms with Crippen molar-refractivity contribution in [3.8, 4) is 12.1 Å². The number of benzene rings is 2. The number of nitriles is 2. The molecule has 2 N–H and O–H groups in total. The highest BCUT2D eigenvalue weighted by Crippen LogP contribution is 2.24. The number of halogens is 2. The summed E-state index contributed by atoms with van der Waals surface area (Å²) < 4.78 is 0. The Labute approximate surface area is 160 Å². The summed E-state index contributed by atoms with van der Waals surface area (Å²) in [7, 11) is 0. The van der Waals surface area contributed by atoms with Crippen molar-refractivity contribution in [1.29, 1.82) is 10.5 Å². The Morgan fingerprint density at radius 3 is 2.31 bits per heavy atom. The summed E-state index contributed by atoms with van der Waals surface area (Å²) in [5.74, 6) is -1.19. The second kappa shape index (κ2) is 8.73. The van der Waals surface area contributed by atoms with Crippen molar-refractivity contribution in [3.05, 3.63) is 86.7 Å². The smallest absolute Gasteiger partial charge is 0.255 e. The van der Waals surface area contributed by atoms with E-state index in [0.29, 0.717) is 16.1 Å². The SMILES string of the molecule is N#CC(C#N)=C(O)/C(=C\c1ccc(Cl)cc1Cl)NC(=O)c1ccccc1. The Morgan fingerprint density at radius 1 is 1.08 bits per heavy atom. The van der Waals surface area contributed by atoms with Crippen LogP contribution in [0.3, 0.4) is 0 Å². The molecule has 0 saturated carbocycles. The molecule has 26 heavy (non-hydrogen) atoms. The van der Waals surface area contributed by atoms with Gasteiger partial charge in [0.2, 0.25) is 0 Å². The molecule has 0 spiro atoms. The van der Waals surface area contributed by atoms with E-state index >= 15 is 0 Å². The molecule has 0 bridgehead atoms. The second-order valence-electron chi connectivity index (χ2n) is 4.99. The van der Waals surface area contributed by atoms with E-state index in [1.165, 1.54) is 12.1 Å². The van der Waals surface area contributed by atoms with Crippen LogP contribution in [-0.2, 0) is 0 Å². The lowest BCUT2D eigenvalue weighted by Crippen LogP contribution is -2.24. The fraction of sp³-hybridized carbons (Fsp3) is 0. The molecule has 0 saturated heterocycles. The second-order valence-corrected chi connectivity index (χ2v) is 5.83. The van der Waals surface area contributed by atoms with Crippen molar-refractivity contribution in [2.45, 2.75) is 0 Å². The third-order valence-electron chi connectivity index (χ3n) is 3.26. The minimum atomic E-state index is -0.662. The number of carbonyl (C=O) groups is 1. The first kappa shape index (κ1) is 19.1. The molecular weight excluding hydrogens is 373 g/mol. The standard InChI is InChI=1S/C19H11Cl2N3O2/c20-15-7-6-13(16(21)9-15)8-17(18(25)14(10-22)11-23)24-19(26)12-4-2-1-3-5-12/h1-9,25H,(H,24,26)/b17-8+. The molecular formula is C19H11Cl2N3O2. The predicted molar refractivity (Wildman–Crippen MR) is 99.2 cm³/mol. The fourth-order valence-corrected chi connectivity index (χ4v) is 2.45. The normalized spacial score (nSPS) is 10.4. The van der Waals surface area contributed by atoms with Gasteiger partial charge in [-0.15, -0.1) is 0 Å². The monoisotopic (exact) mass is 383 g/mol. The van der Waals surface area contributed by atoms with Gasteiger partial charge in [-0.05, 0) is 35.9 Å². The highest BCUT2D eigenvalue weighted by atomic mass is 35.5. The summed E-state index contributed by atoms with van der Waals surface area (Å²) in [6, 6.07) is 16.1. The van der Waals surface area contributed by atoms with Gasteiger partial charge in [-0.1, -0.05) is 47.5 Å². The molecule has 2 aromatic rings. The Balaban J connectivity index is 2.51. The van der Waals surface area contributed by atoms with Gasteiger partial charge >= 0.3 is 0 Å². The molecule has 0 radical (unpaired) electrons. The average Bonchev–Trinajstić information content (AvgIpc) is 2.64. The van der Waals surface area contributed by atoms with Gasteiger partial charge in [0.05, 0.1) is 5.70 Å². The number of nitrogens with zero attached hydrogens (tertiary/aromatic N) is 2. The van der Waals surface area contributed by atoms with Gasteiger partial charge < -0.3 is 10.4 Å². The minimum absolute atomic E-state index is 0.138. The summed E-state index contributed by atoms with van der Waals surface area (Å²) >= 11 is 12.0. The highest BCUT2D eigenvalue weighted by molar-refractivity contribution is 6.35. The maximum Gasteiger partial charge on any atom is 0.255 e. The van der Waals surface area contributed by atoms with Crippen LogP contribution in [0, 0.1) is 22.7 Å². The van der Waals surface area contributed by atoms with Crippen molar-refractivity contribution in [2.24, 2.45) is 0 Å². The number of aliphatic hydroxyl groups is 1. The van der Waals surface area contributed by atoms with Gasteiger partial charge in [-0.3, -0.25) is 4.79 Å². The summed E-state index contributed by atoms with van der Waals surface area (Å²) in [5, 5.41) is 31.4. The Morgan fingerprint density at radius 2 is 1.73 bits per heavy atom. The third kappa shape index (κ3) is 4.64. The molecule has 128 valence electrons. The lowest BCUT2D eigenvalue weighted by molar-refractivity contribution is 0.0964. The van der Waals surface area contributed by atoms with Gasteiger partial charge in [0.25, 0.3) is 5.91 Å². The number of carbonyl (C=O) groups excluding carboxylic acids is 1. The topological polar surface area (TPSA) is 96.9 Å². The first-order valence-electron chi connectivity index (χ1n) is 7.23. The molecule has 1 amide bonds. The lowest BCUT2D eigenvalue weighted by atomic mass is 10.1.